The Hall–Kier alpha value is 0.0400. The van der Waals surface area contributed by atoms with Crippen LogP contribution in [-0.2, 0) is 4.74 Å². The van der Waals surface area contributed by atoms with E-state index in [-0.39, 0.29) is 12.0 Å². The highest BCUT2D eigenvalue weighted by atomic mass is 35.5. The smallest absolute Gasteiger partial charge is 0.371 e. The standard InChI is InChI=1S/C9H14ClF3O/c10-5-8(3-1-2-4-8)6-14-7-9(11,12)13/h1-7H2. The summed E-state index contributed by atoms with van der Waals surface area (Å²) in [4.78, 5) is 0. The molecule has 0 saturated heterocycles. The van der Waals surface area contributed by atoms with Gasteiger partial charge in [0.15, 0.2) is 0 Å². The van der Waals surface area contributed by atoms with Crippen molar-refractivity contribution < 1.29 is 17.9 Å². The van der Waals surface area contributed by atoms with Gasteiger partial charge in [-0.1, -0.05) is 12.8 Å². The minimum Gasteiger partial charge on any atom is -0.371 e. The predicted molar refractivity (Wildman–Crippen MR) is 48.5 cm³/mol. The van der Waals surface area contributed by atoms with Gasteiger partial charge in [0.05, 0.1) is 6.61 Å². The maximum atomic E-state index is 11.8. The SMILES string of the molecule is FC(F)(F)COCC1(CCl)CCCC1. The van der Waals surface area contributed by atoms with E-state index < -0.39 is 12.8 Å². The van der Waals surface area contributed by atoms with E-state index in [9.17, 15) is 13.2 Å². The van der Waals surface area contributed by atoms with Gasteiger partial charge in [-0.3, -0.25) is 0 Å². The molecule has 0 bridgehead atoms. The van der Waals surface area contributed by atoms with Gasteiger partial charge in [0, 0.05) is 11.3 Å². The molecule has 0 atom stereocenters. The van der Waals surface area contributed by atoms with Crippen LogP contribution in [0.1, 0.15) is 25.7 Å². The topological polar surface area (TPSA) is 9.23 Å². The van der Waals surface area contributed by atoms with Crippen molar-refractivity contribution in [1.29, 1.82) is 0 Å². The largest absolute Gasteiger partial charge is 0.411 e. The third-order valence-corrected chi connectivity index (χ3v) is 3.19. The van der Waals surface area contributed by atoms with E-state index in [0.29, 0.717) is 5.88 Å². The summed E-state index contributed by atoms with van der Waals surface area (Å²) in [5.74, 6) is 0.394. The number of ether oxygens (including phenoxy) is 1. The van der Waals surface area contributed by atoms with Crippen LogP contribution in [0.5, 0.6) is 0 Å². The summed E-state index contributed by atoms with van der Waals surface area (Å²) in [6.07, 6.45) is -0.376. The van der Waals surface area contributed by atoms with E-state index >= 15 is 0 Å². The summed E-state index contributed by atoms with van der Waals surface area (Å²) in [7, 11) is 0. The van der Waals surface area contributed by atoms with Crippen molar-refractivity contribution in [2.75, 3.05) is 19.1 Å². The van der Waals surface area contributed by atoms with Crippen molar-refractivity contribution in [2.24, 2.45) is 5.41 Å². The molecule has 0 aromatic rings. The Labute approximate surface area is 86.6 Å². The molecule has 0 spiro atoms. The number of rotatable bonds is 4. The molecule has 0 radical (unpaired) electrons. The second-order valence-electron chi connectivity index (χ2n) is 3.95. The lowest BCUT2D eigenvalue weighted by molar-refractivity contribution is -0.179. The highest BCUT2D eigenvalue weighted by Crippen LogP contribution is 2.39. The first-order valence-corrected chi connectivity index (χ1v) is 5.21. The molecule has 84 valence electrons. The molecule has 0 aliphatic heterocycles. The fourth-order valence-electron chi connectivity index (χ4n) is 1.82. The Bertz CT molecular complexity index is 175. The Morgan fingerprint density at radius 1 is 1.21 bits per heavy atom. The number of hydrogen-bond donors (Lipinski definition) is 0. The molecule has 1 fully saturated rings. The first-order valence-electron chi connectivity index (χ1n) is 4.68. The normalized spacial score (nSPS) is 21.4. The van der Waals surface area contributed by atoms with Gasteiger partial charge in [-0.2, -0.15) is 13.2 Å². The molecule has 0 N–H and O–H groups in total. The molecule has 0 unspecified atom stereocenters. The lowest BCUT2D eigenvalue weighted by atomic mass is 9.90. The van der Waals surface area contributed by atoms with E-state index in [1.807, 2.05) is 0 Å². The van der Waals surface area contributed by atoms with E-state index in [1.54, 1.807) is 0 Å². The zero-order valence-electron chi connectivity index (χ0n) is 7.87. The number of hydrogen-bond acceptors (Lipinski definition) is 1. The van der Waals surface area contributed by atoms with E-state index in [4.69, 9.17) is 11.6 Å². The molecule has 0 heterocycles. The summed E-state index contributed by atoms with van der Waals surface area (Å²) >= 11 is 5.75. The maximum Gasteiger partial charge on any atom is 0.411 e. The molecule has 1 rings (SSSR count). The van der Waals surface area contributed by atoms with Crippen LogP contribution >= 0.6 is 11.6 Å². The first kappa shape index (κ1) is 12.1. The average molecular weight is 231 g/mol. The summed E-state index contributed by atoms with van der Waals surface area (Å²) in [5, 5.41) is 0. The van der Waals surface area contributed by atoms with Crippen LogP contribution < -0.4 is 0 Å². The lowest BCUT2D eigenvalue weighted by Crippen LogP contribution is -2.28. The second kappa shape index (κ2) is 4.71. The second-order valence-corrected chi connectivity index (χ2v) is 4.22. The van der Waals surface area contributed by atoms with Crippen LogP contribution in [-0.4, -0.2) is 25.3 Å². The molecular weight excluding hydrogens is 217 g/mol. The zero-order valence-corrected chi connectivity index (χ0v) is 8.63. The highest BCUT2D eigenvalue weighted by Gasteiger charge is 2.35. The fourth-order valence-corrected chi connectivity index (χ4v) is 2.17. The highest BCUT2D eigenvalue weighted by molar-refractivity contribution is 6.18. The van der Waals surface area contributed by atoms with Gasteiger partial charge < -0.3 is 4.74 Å². The van der Waals surface area contributed by atoms with Crippen molar-refractivity contribution in [3.63, 3.8) is 0 Å². The molecule has 1 aliphatic rings. The van der Waals surface area contributed by atoms with Crippen molar-refractivity contribution >= 4 is 11.6 Å². The first-order chi connectivity index (χ1) is 6.47. The lowest BCUT2D eigenvalue weighted by Gasteiger charge is -2.26. The van der Waals surface area contributed by atoms with Crippen LogP contribution in [0.2, 0.25) is 0 Å². The minimum atomic E-state index is -4.23. The molecule has 5 heteroatoms. The Morgan fingerprint density at radius 3 is 2.21 bits per heavy atom. The van der Waals surface area contributed by atoms with Gasteiger partial charge in [-0.05, 0) is 12.8 Å². The van der Waals surface area contributed by atoms with E-state index in [0.717, 1.165) is 25.7 Å². The molecule has 0 aromatic carbocycles. The number of alkyl halides is 4. The summed E-state index contributed by atoms with van der Waals surface area (Å²) < 4.78 is 40.1. The minimum absolute atomic E-state index is 0.135. The molecule has 0 amide bonds. The van der Waals surface area contributed by atoms with Gasteiger partial charge in [0.25, 0.3) is 0 Å². The Morgan fingerprint density at radius 2 is 1.79 bits per heavy atom. The average Bonchev–Trinajstić information content (AvgIpc) is 2.52. The maximum absolute atomic E-state index is 11.8. The molecule has 0 aromatic heterocycles. The van der Waals surface area contributed by atoms with Crippen LogP contribution in [0.3, 0.4) is 0 Å². The van der Waals surface area contributed by atoms with Crippen LogP contribution in [0, 0.1) is 5.41 Å². The zero-order chi connectivity index (χ0) is 10.7. The molecule has 14 heavy (non-hydrogen) atoms. The van der Waals surface area contributed by atoms with Gasteiger partial charge >= 0.3 is 6.18 Å². The quantitative estimate of drug-likeness (QED) is 0.673. The molecule has 1 nitrogen and oxygen atoms in total. The third kappa shape index (κ3) is 3.65. The van der Waals surface area contributed by atoms with E-state index in [1.165, 1.54) is 0 Å². The van der Waals surface area contributed by atoms with Crippen LogP contribution in [0.25, 0.3) is 0 Å². The van der Waals surface area contributed by atoms with Gasteiger partial charge in [0.2, 0.25) is 0 Å². The fraction of sp³-hybridized carbons (Fsp3) is 1.00. The van der Waals surface area contributed by atoms with Gasteiger partial charge in [-0.25, -0.2) is 0 Å². The predicted octanol–water partition coefficient (Wildman–Crippen LogP) is 3.36. The third-order valence-electron chi connectivity index (χ3n) is 2.62. The van der Waals surface area contributed by atoms with E-state index in [2.05, 4.69) is 4.74 Å². The molecule has 1 aliphatic carbocycles. The molecular formula is C9H14ClF3O. The summed E-state index contributed by atoms with van der Waals surface area (Å²) in [5.41, 5.74) is -0.202. The van der Waals surface area contributed by atoms with Crippen molar-refractivity contribution in [3.8, 4) is 0 Å². The van der Waals surface area contributed by atoms with Crippen molar-refractivity contribution in [3.05, 3.63) is 0 Å². The Kier molecular flexibility index (Phi) is 4.07. The summed E-state index contributed by atoms with van der Waals surface area (Å²) in [6, 6.07) is 0. The number of halogens is 4. The van der Waals surface area contributed by atoms with Crippen LogP contribution in [0.15, 0.2) is 0 Å². The summed E-state index contributed by atoms with van der Waals surface area (Å²) in [6.45, 7) is -1.03. The Balaban J connectivity index is 2.28. The van der Waals surface area contributed by atoms with Gasteiger partial charge in [-0.15, -0.1) is 11.6 Å². The molecule has 1 saturated carbocycles. The van der Waals surface area contributed by atoms with Crippen molar-refractivity contribution in [1.82, 2.24) is 0 Å². The monoisotopic (exact) mass is 230 g/mol. The van der Waals surface area contributed by atoms with Gasteiger partial charge in [0.1, 0.15) is 6.61 Å². The van der Waals surface area contributed by atoms with Crippen LogP contribution in [0.4, 0.5) is 13.2 Å². The van der Waals surface area contributed by atoms with Crippen molar-refractivity contribution in [2.45, 2.75) is 31.9 Å².